The van der Waals surface area contributed by atoms with Crippen molar-refractivity contribution in [2.75, 3.05) is 31.6 Å². The van der Waals surface area contributed by atoms with Crippen LogP contribution in [0.3, 0.4) is 0 Å². The summed E-state index contributed by atoms with van der Waals surface area (Å²) in [7, 11) is 0. The third-order valence-corrected chi connectivity index (χ3v) is 5.35. The van der Waals surface area contributed by atoms with E-state index in [1.807, 2.05) is 4.90 Å². The molecule has 2 aromatic rings. The van der Waals surface area contributed by atoms with Gasteiger partial charge in [0.25, 0.3) is 5.69 Å². The first kappa shape index (κ1) is 20.9. The summed E-state index contributed by atoms with van der Waals surface area (Å²) in [6.45, 7) is 3.56. The SMILES string of the molecule is CCOC(=O)C1CCCN(CC(=O)Nc2nc(-c3cccc([N+](=O)[O-])c3)cs2)C1. The Hall–Kier alpha value is -2.85. The van der Waals surface area contributed by atoms with Gasteiger partial charge in [-0.1, -0.05) is 12.1 Å². The zero-order chi connectivity index (χ0) is 20.8. The number of nitro benzene ring substituents is 1. The number of non-ortho nitro benzene ring substituents is 1. The van der Waals surface area contributed by atoms with Crippen LogP contribution in [0.2, 0.25) is 0 Å². The summed E-state index contributed by atoms with van der Waals surface area (Å²) < 4.78 is 5.08. The number of hydrogen-bond acceptors (Lipinski definition) is 8. The van der Waals surface area contributed by atoms with Gasteiger partial charge in [-0.25, -0.2) is 4.98 Å². The van der Waals surface area contributed by atoms with Gasteiger partial charge in [-0.05, 0) is 26.3 Å². The number of nitro groups is 1. The molecule has 1 aliphatic rings. The zero-order valence-electron chi connectivity index (χ0n) is 16.0. The van der Waals surface area contributed by atoms with Crippen LogP contribution in [0.25, 0.3) is 11.3 Å². The van der Waals surface area contributed by atoms with Crippen molar-refractivity contribution in [3.05, 3.63) is 39.8 Å². The standard InChI is InChI=1S/C19H22N4O5S/c1-2-28-18(25)14-6-4-8-22(10-14)11-17(24)21-19-20-16(12-29-19)13-5-3-7-15(9-13)23(26)27/h3,5,7,9,12,14H,2,4,6,8,10-11H2,1H3,(H,20,21,24). The summed E-state index contributed by atoms with van der Waals surface area (Å²) in [4.78, 5) is 41.1. The first-order valence-electron chi connectivity index (χ1n) is 9.35. The summed E-state index contributed by atoms with van der Waals surface area (Å²) in [5.41, 5.74) is 1.17. The molecule has 1 aromatic carbocycles. The van der Waals surface area contributed by atoms with E-state index in [1.54, 1.807) is 24.4 Å². The van der Waals surface area contributed by atoms with Gasteiger partial charge in [-0.2, -0.15) is 0 Å². The molecule has 9 nitrogen and oxygen atoms in total. The molecule has 1 aliphatic heterocycles. The third-order valence-electron chi connectivity index (χ3n) is 4.60. The predicted molar refractivity (Wildman–Crippen MR) is 109 cm³/mol. The number of piperidine rings is 1. The van der Waals surface area contributed by atoms with E-state index >= 15 is 0 Å². The summed E-state index contributed by atoms with van der Waals surface area (Å²) in [5, 5.41) is 15.9. The minimum Gasteiger partial charge on any atom is -0.466 e. The van der Waals surface area contributed by atoms with Crippen LogP contribution in [0.4, 0.5) is 10.8 Å². The highest BCUT2D eigenvalue weighted by atomic mass is 32.1. The molecule has 0 saturated carbocycles. The lowest BCUT2D eigenvalue weighted by atomic mass is 9.98. The van der Waals surface area contributed by atoms with E-state index in [-0.39, 0.29) is 30.0 Å². The number of anilines is 1. The summed E-state index contributed by atoms with van der Waals surface area (Å²) in [6.07, 6.45) is 1.61. The number of ether oxygens (including phenoxy) is 1. The molecule has 1 aromatic heterocycles. The van der Waals surface area contributed by atoms with Crippen LogP contribution in [-0.2, 0) is 14.3 Å². The number of nitrogens with one attached hydrogen (secondary N) is 1. The number of nitrogens with zero attached hydrogens (tertiary/aromatic N) is 3. The number of thiazole rings is 1. The Balaban J connectivity index is 1.57. The predicted octanol–water partition coefficient (Wildman–Crippen LogP) is 2.93. The number of aromatic nitrogens is 1. The highest BCUT2D eigenvalue weighted by molar-refractivity contribution is 7.14. The third kappa shape index (κ3) is 5.58. The lowest BCUT2D eigenvalue weighted by Gasteiger charge is -2.30. The molecule has 0 radical (unpaired) electrons. The van der Waals surface area contributed by atoms with Crippen molar-refractivity contribution < 1.29 is 19.2 Å². The van der Waals surface area contributed by atoms with Gasteiger partial charge < -0.3 is 10.1 Å². The van der Waals surface area contributed by atoms with Crippen LogP contribution in [0, 0.1) is 16.0 Å². The van der Waals surface area contributed by atoms with E-state index in [0.717, 1.165) is 19.4 Å². The lowest BCUT2D eigenvalue weighted by Crippen LogP contribution is -2.43. The largest absolute Gasteiger partial charge is 0.466 e. The highest BCUT2D eigenvalue weighted by Crippen LogP contribution is 2.27. The quantitative estimate of drug-likeness (QED) is 0.418. The van der Waals surface area contributed by atoms with Crippen molar-refractivity contribution in [2.45, 2.75) is 19.8 Å². The van der Waals surface area contributed by atoms with Crippen molar-refractivity contribution in [1.29, 1.82) is 0 Å². The van der Waals surface area contributed by atoms with Crippen molar-refractivity contribution in [1.82, 2.24) is 9.88 Å². The number of benzene rings is 1. The number of carbonyl (C=O) groups excluding carboxylic acids is 2. The average Bonchev–Trinajstić information content (AvgIpc) is 3.16. The molecule has 3 rings (SSSR count). The number of rotatable bonds is 7. The number of hydrogen-bond donors (Lipinski definition) is 1. The Morgan fingerprint density at radius 1 is 1.45 bits per heavy atom. The van der Waals surface area contributed by atoms with Crippen LogP contribution < -0.4 is 5.32 Å². The summed E-state index contributed by atoms with van der Waals surface area (Å²) in [6, 6.07) is 6.20. The van der Waals surface area contributed by atoms with E-state index in [9.17, 15) is 19.7 Å². The fourth-order valence-corrected chi connectivity index (χ4v) is 3.99. The van der Waals surface area contributed by atoms with E-state index in [2.05, 4.69) is 10.3 Å². The van der Waals surface area contributed by atoms with Crippen molar-refractivity contribution in [3.63, 3.8) is 0 Å². The number of esters is 1. The maximum Gasteiger partial charge on any atom is 0.310 e. The van der Waals surface area contributed by atoms with Crippen LogP contribution in [0.15, 0.2) is 29.6 Å². The average molecular weight is 418 g/mol. The molecule has 1 unspecified atom stereocenters. The number of carbonyl (C=O) groups is 2. The Labute approximate surface area is 171 Å². The first-order valence-corrected chi connectivity index (χ1v) is 10.2. The van der Waals surface area contributed by atoms with E-state index < -0.39 is 4.92 Å². The van der Waals surface area contributed by atoms with Crippen LogP contribution in [-0.4, -0.2) is 52.9 Å². The molecule has 0 bridgehead atoms. The van der Waals surface area contributed by atoms with Gasteiger partial charge in [0.15, 0.2) is 5.13 Å². The molecule has 0 aliphatic carbocycles. The van der Waals surface area contributed by atoms with Crippen LogP contribution in [0.1, 0.15) is 19.8 Å². The second kappa shape index (κ2) is 9.57. The molecule has 1 fully saturated rings. The van der Waals surface area contributed by atoms with Crippen molar-refractivity contribution in [3.8, 4) is 11.3 Å². The molecule has 10 heteroatoms. The molecule has 1 N–H and O–H groups in total. The van der Waals surface area contributed by atoms with Gasteiger partial charge >= 0.3 is 5.97 Å². The Bertz CT molecular complexity index is 900. The molecule has 1 saturated heterocycles. The molecule has 0 spiro atoms. The number of likely N-dealkylation sites (tertiary alicyclic amines) is 1. The normalized spacial score (nSPS) is 16.9. The number of amides is 1. The Kier molecular flexibility index (Phi) is 6.89. The van der Waals surface area contributed by atoms with Gasteiger partial charge in [-0.3, -0.25) is 24.6 Å². The molecule has 154 valence electrons. The monoisotopic (exact) mass is 418 g/mol. The fraction of sp³-hybridized carbons (Fsp3) is 0.421. The van der Waals surface area contributed by atoms with E-state index in [4.69, 9.17) is 4.74 Å². The molecule has 1 amide bonds. The molecular weight excluding hydrogens is 396 g/mol. The second-order valence-electron chi connectivity index (χ2n) is 6.72. The smallest absolute Gasteiger partial charge is 0.310 e. The van der Waals surface area contributed by atoms with Gasteiger partial charge in [0.05, 0.1) is 29.7 Å². The first-order chi connectivity index (χ1) is 14.0. The Morgan fingerprint density at radius 3 is 3.03 bits per heavy atom. The van der Waals surface area contributed by atoms with Crippen LogP contribution in [0.5, 0.6) is 0 Å². The lowest BCUT2D eigenvalue weighted by molar-refractivity contribution is -0.384. The van der Waals surface area contributed by atoms with Crippen molar-refractivity contribution in [2.24, 2.45) is 5.92 Å². The molecule has 2 heterocycles. The highest BCUT2D eigenvalue weighted by Gasteiger charge is 2.27. The maximum absolute atomic E-state index is 12.4. The van der Waals surface area contributed by atoms with E-state index in [0.29, 0.717) is 29.5 Å². The van der Waals surface area contributed by atoms with Gasteiger partial charge in [0.2, 0.25) is 5.91 Å². The maximum atomic E-state index is 12.4. The summed E-state index contributed by atoms with van der Waals surface area (Å²) >= 11 is 1.26. The second-order valence-corrected chi connectivity index (χ2v) is 7.58. The zero-order valence-corrected chi connectivity index (χ0v) is 16.8. The van der Waals surface area contributed by atoms with Crippen LogP contribution >= 0.6 is 11.3 Å². The minimum absolute atomic E-state index is 0.0117. The molecule has 29 heavy (non-hydrogen) atoms. The van der Waals surface area contributed by atoms with Gasteiger partial charge in [0.1, 0.15) is 0 Å². The topological polar surface area (TPSA) is 115 Å². The summed E-state index contributed by atoms with van der Waals surface area (Å²) in [5.74, 6) is -0.620. The van der Waals surface area contributed by atoms with E-state index in [1.165, 1.54) is 23.5 Å². The van der Waals surface area contributed by atoms with Gasteiger partial charge in [-0.15, -0.1) is 11.3 Å². The fourth-order valence-electron chi connectivity index (χ4n) is 3.26. The van der Waals surface area contributed by atoms with Gasteiger partial charge in [0, 0.05) is 29.6 Å². The van der Waals surface area contributed by atoms with Crippen molar-refractivity contribution >= 4 is 34.0 Å². The molecule has 1 atom stereocenters. The Morgan fingerprint density at radius 2 is 2.28 bits per heavy atom. The minimum atomic E-state index is -0.458. The molecular formula is C19H22N4O5S.